The van der Waals surface area contributed by atoms with Crippen molar-refractivity contribution in [2.24, 2.45) is 5.92 Å². The van der Waals surface area contributed by atoms with Crippen LogP contribution in [0.15, 0.2) is 6.07 Å². The highest BCUT2D eigenvalue weighted by molar-refractivity contribution is 6.29. The lowest BCUT2D eigenvalue weighted by atomic mass is 9.80. The second kappa shape index (κ2) is 5.16. The van der Waals surface area contributed by atoms with E-state index in [1.54, 1.807) is 0 Å². The molecule has 1 aromatic heterocycles. The Morgan fingerprint density at radius 3 is 2.33 bits per heavy atom. The lowest BCUT2D eigenvalue weighted by Gasteiger charge is -2.27. The zero-order chi connectivity index (χ0) is 12.5. The summed E-state index contributed by atoms with van der Waals surface area (Å²) in [6.07, 6.45) is 9.00. The molecule has 0 atom stereocenters. The van der Waals surface area contributed by atoms with Gasteiger partial charge in [0.05, 0.1) is 0 Å². The highest BCUT2D eigenvalue weighted by atomic mass is 35.5. The molecule has 0 radical (unpaired) electrons. The van der Waals surface area contributed by atoms with Gasteiger partial charge in [0.2, 0.25) is 0 Å². The predicted octanol–water partition coefficient (Wildman–Crippen LogP) is 4.69. The van der Waals surface area contributed by atoms with Crippen LogP contribution in [0, 0.1) is 5.92 Å². The van der Waals surface area contributed by atoms with Crippen molar-refractivity contribution in [2.75, 3.05) is 0 Å². The molecule has 2 aliphatic carbocycles. The number of hydrogen-bond donors (Lipinski definition) is 0. The van der Waals surface area contributed by atoms with E-state index < -0.39 is 0 Å². The van der Waals surface area contributed by atoms with Gasteiger partial charge in [0.15, 0.2) is 0 Å². The SMILES string of the molecule is CCC1CCC(c2nc(Cl)cc(C3CC3)n2)CC1. The van der Waals surface area contributed by atoms with E-state index in [2.05, 4.69) is 11.9 Å². The third kappa shape index (κ3) is 2.69. The van der Waals surface area contributed by atoms with Crippen molar-refractivity contribution in [1.82, 2.24) is 9.97 Å². The topological polar surface area (TPSA) is 25.8 Å². The maximum atomic E-state index is 6.15. The lowest BCUT2D eigenvalue weighted by molar-refractivity contribution is 0.312. The summed E-state index contributed by atoms with van der Waals surface area (Å²) in [7, 11) is 0. The van der Waals surface area contributed by atoms with E-state index in [1.165, 1.54) is 50.6 Å². The second-order valence-corrected chi connectivity index (χ2v) is 6.26. The molecule has 2 aliphatic rings. The van der Waals surface area contributed by atoms with Crippen LogP contribution in [0.5, 0.6) is 0 Å². The first kappa shape index (κ1) is 12.4. The molecule has 98 valence electrons. The third-order valence-electron chi connectivity index (χ3n) is 4.52. The molecular formula is C15H21ClN2. The number of halogens is 1. The van der Waals surface area contributed by atoms with Crippen LogP contribution in [-0.4, -0.2) is 9.97 Å². The predicted molar refractivity (Wildman–Crippen MR) is 74.0 cm³/mol. The Bertz CT molecular complexity index is 421. The van der Waals surface area contributed by atoms with Crippen LogP contribution >= 0.6 is 11.6 Å². The summed E-state index contributed by atoms with van der Waals surface area (Å²) in [5.74, 6) is 3.14. The van der Waals surface area contributed by atoms with E-state index in [0.29, 0.717) is 17.0 Å². The first-order chi connectivity index (χ1) is 8.76. The molecule has 3 rings (SSSR count). The van der Waals surface area contributed by atoms with Crippen LogP contribution in [0.4, 0.5) is 0 Å². The van der Waals surface area contributed by atoms with E-state index in [0.717, 1.165) is 11.7 Å². The maximum Gasteiger partial charge on any atom is 0.133 e. The van der Waals surface area contributed by atoms with Gasteiger partial charge in [-0.2, -0.15) is 0 Å². The van der Waals surface area contributed by atoms with Gasteiger partial charge in [0.25, 0.3) is 0 Å². The summed E-state index contributed by atoms with van der Waals surface area (Å²) in [6, 6.07) is 1.96. The van der Waals surface area contributed by atoms with Gasteiger partial charge in [0, 0.05) is 17.5 Å². The molecule has 0 aliphatic heterocycles. The van der Waals surface area contributed by atoms with Crippen LogP contribution in [-0.2, 0) is 0 Å². The van der Waals surface area contributed by atoms with Gasteiger partial charge in [-0.15, -0.1) is 0 Å². The standard InChI is InChI=1S/C15H21ClN2/c1-2-10-3-5-12(6-4-10)15-17-13(11-7-8-11)9-14(16)18-15/h9-12H,2-8H2,1H3. The molecule has 2 nitrogen and oxygen atoms in total. The van der Waals surface area contributed by atoms with Crippen LogP contribution in [0.1, 0.15) is 75.2 Å². The van der Waals surface area contributed by atoms with Gasteiger partial charge in [-0.25, -0.2) is 9.97 Å². The zero-order valence-corrected chi connectivity index (χ0v) is 11.8. The summed E-state index contributed by atoms with van der Waals surface area (Å²) in [6.45, 7) is 2.30. The van der Waals surface area contributed by atoms with E-state index >= 15 is 0 Å². The van der Waals surface area contributed by atoms with Gasteiger partial charge in [0.1, 0.15) is 11.0 Å². The molecule has 1 aromatic rings. The summed E-state index contributed by atoms with van der Waals surface area (Å²) in [4.78, 5) is 9.25. The second-order valence-electron chi connectivity index (χ2n) is 5.87. The Morgan fingerprint density at radius 1 is 1.06 bits per heavy atom. The van der Waals surface area contributed by atoms with Crippen molar-refractivity contribution in [1.29, 1.82) is 0 Å². The molecule has 2 fully saturated rings. The fraction of sp³-hybridized carbons (Fsp3) is 0.733. The highest BCUT2D eigenvalue weighted by Crippen LogP contribution is 2.41. The average Bonchev–Trinajstić information content (AvgIpc) is 3.22. The van der Waals surface area contributed by atoms with E-state index in [1.807, 2.05) is 6.07 Å². The lowest BCUT2D eigenvalue weighted by Crippen LogP contribution is -2.15. The Balaban J connectivity index is 1.75. The van der Waals surface area contributed by atoms with Crippen LogP contribution in [0.25, 0.3) is 0 Å². The molecule has 0 spiro atoms. The Hall–Kier alpha value is -0.630. The van der Waals surface area contributed by atoms with Crippen molar-refractivity contribution < 1.29 is 0 Å². The summed E-state index contributed by atoms with van der Waals surface area (Å²) < 4.78 is 0. The van der Waals surface area contributed by atoms with Crippen molar-refractivity contribution >= 4 is 11.6 Å². The summed E-state index contributed by atoms with van der Waals surface area (Å²) in [5, 5.41) is 0.638. The number of rotatable bonds is 3. The average molecular weight is 265 g/mol. The van der Waals surface area contributed by atoms with Gasteiger partial charge in [-0.3, -0.25) is 0 Å². The first-order valence-electron chi connectivity index (χ1n) is 7.30. The summed E-state index contributed by atoms with van der Waals surface area (Å²) >= 11 is 6.15. The van der Waals surface area contributed by atoms with Gasteiger partial charge in [-0.1, -0.05) is 24.9 Å². The molecule has 0 aromatic carbocycles. The minimum absolute atomic E-state index is 0.545. The number of aromatic nitrogens is 2. The molecular weight excluding hydrogens is 244 g/mol. The molecule has 3 heteroatoms. The van der Waals surface area contributed by atoms with E-state index in [9.17, 15) is 0 Å². The largest absolute Gasteiger partial charge is 0.237 e. The monoisotopic (exact) mass is 264 g/mol. The quantitative estimate of drug-likeness (QED) is 0.740. The Kier molecular flexibility index (Phi) is 3.56. The molecule has 1 heterocycles. The molecule has 0 unspecified atom stereocenters. The zero-order valence-electron chi connectivity index (χ0n) is 11.0. The normalized spacial score (nSPS) is 28.3. The van der Waals surface area contributed by atoms with Crippen LogP contribution in [0.3, 0.4) is 0 Å². The third-order valence-corrected chi connectivity index (χ3v) is 4.71. The maximum absolute atomic E-state index is 6.15. The van der Waals surface area contributed by atoms with Crippen molar-refractivity contribution in [3.63, 3.8) is 0 Å². The van der Waals surface area contributed by atoms with Crippen LogP contribution in [0.2, 0.25) is 5.15 Å². The fourth-order valence-corrected chi connectivity index (χ4v) is 3.25. The molecule has 18 heavy (non-hydrogen) atoms. The Morgan fingerprint density at radius 2 is 1.72 bits per heavy atom. The molecule has 2 saturated carbocycles. The van der Waals surface area contributed by atoms with E-state index in [4.69, 9.17) is 16.6 Å². The van der Waals surface area contributed by atoms with Gasteiger partial charge < -0.3 is 0 Å². The van der Waals surface area contributed by atoms with Crippen molar-refractivity contribution in [3.05, 3.63) is 22.7 Å². The Labute approximate surface area is 114 Å². The summed E-state index contributed by atoms with van der Waals surface area (Å²) in [5.41, 5.74) is 1.18. The minimum atomic E-state index is 0.545. The van der Waals surface area contributed by atoms with Gasteiger partial charge in [-0.05, 0) is 50.5 Å². The molecule has 0 N–H and O–H groups in total. The fourth-order valence-electron chi connectivity index (χ4n) is 3.05. The number of nitrogens with zero attached hydrogens (tertiary/aromatic N) is 2. The van der Waals surface area contributed by atoms with Crippen molar-refractivity contribution in [3.8, 4) is 0 Å². The van der Waals surface area contributed by atoms with Gasteiger partial charge >= 0.3 is 0 Å². The molecule has 0 bridgehead atoms. The minimum Gasteiger partial charge on any atom is -0.237 e. The van der Waals surface area contributed by atoms with E-state index in [-0.39, 0.29) is 0 Å². The van der Waals surface area contributed by atoms with Crippen LogP contribution < -0.4 is 0 Å². The van der Waals surface area contributed by atoms with Crippen molar-refractivity contribution in [2.45, 2.75) is 63.7 Å². The first-order valence-corrected chi connectivity index (χ1v) is 7.68. The molecule has 0 saturated heterocycles. The molecule has 0 amide bonds. The highest BCUT2D eigenvalue weighted by Gasteiger charge is 2.28. The number of hydrogen-bond acceptors (Lipinski definition) is 2. The smallest absolute Gasteiger partial charge is 0.133 e.